The van der Waals surface area contributed by atoms with Gasteiger partial charge in [0.05, 0.1) is 16.1 Å². The van der Waals surface area contributed by atoms with Gasteiger partial charge in [0.25, 0.3) is 0 Å². The molecule has 1 unspecified atom stereocenters. The van der Waals surface area contributed by atoms with Crippen LogP contribution < -0.4 is 0 Å². The summed E-state index contributed by atoms with van der Waals surface area (Å²) in [5.74, 6) is 0. The molecule has 1 atom stereocenters. The van der Waals surface area contributed by atoms with Gasteiger partial charge in [-0.25, -0.2) is 0 Å². The van der Waals surface area contributed by atoms with Gasteiger partial charge in [-0.3, -0.25) is 0 Å². The number of halogens is 1. The molecule has 0 aromatic carbocycles. The van der Waals surface area contributed by atoms with Crippen LogP contribution in [0.15, 0.2) is 0 Å². The van der Waals surface area contributed by atoms with Crippen LogP contribution >= 0.6 is 27.6 Å². The molecule has 0 aromatic heterocycles. The molecule has 0 aromatic rings. The molecule has 0 aliphatic rings. The van der Waals surface area contributed by atoms with Crippen LogP contribution in [0, 0.1) is 0 Å². The van der Waals surface area contributed by atoms with Crippen molar-refractivity contribution < 1.29 is 0 Å². The zero-order valence-electron chi connectivity index (χ0n) is 9.40. The highest BCUT2D eigenvalue weighted by Crippen LogP contribution is 2.52. The van der Waals surface area contributed by atoms with Crippen LogP contribution in [-0.2, 0) is 0 Å². The summed E-state index contributed by atoms with van der Waals surface area (Å²) in [7, 11) is -1.80. The highest BCUT2D eigenvalue weighted by molar-refractivity contribution is 14.2. The Balaban J connectivity index is 4.70. The van der Waals surface area contributed by atoms with Gasteiger partial charge in [-0.2, -0.15) is 0 Å². The second-order valence-electron chi connectivity index (χ2n) is 5.66. The molecule has 0 heterocycles. The first-order chi connectivity index (χ1) is 5.07. The molecule has 0 saturated heterocycles. The summed E-state index contributed by atoms with van der Waals surface area (Å²) in [6, 6.07) is 0. The monoisotopic (exact) mass is 332 g/mol. The third-order valence-corrected chi connectivity index (χ3v) is 23.0. The van der Waals surface area contributed by atoms with Crippen LogP contribution in [0.1, 0.15) is 0 Å². The number of rotatable bonds is 3. The maximum atomic E-state index is 2.69. The van der Waals surface area contributed by atoms with E-state index in [0.29, 0.717) is 0 Å². The summed E-state index contributed by atoms with van der Waals surface area (Å²) in [5, 5.41) is 0. The van der Waals surface area contributed by atoms with Crippen LogP contribution in [-0.4, -0.2) is 27.7 Å². The lowest BCUT2D eigenvalue weighted by atomic mass is 11.7. The summed E-state index contributed by atoms with van der Waals surface area (Å²) in [6.45, 7) is 17.7. The van der Waals surface area contributed by atoms with Gasteiger partial charge in [-0.05, 0) is 17.1 Å². The molecule has 0 spiro atoms. The van der Waals surface area contributed by atoms with E-state index in [1.54, 1.807) is 0 Å². The fourth-order valence-corrected chi connectivity index (χ4v) is 36.3. The van der Waals surface area contributed by atoms with E-state index in [1.165, 1.54) is 0 Å². The Labute approximate surface area is 94.2 Å². The summed E-state index contributed by atoms with van der Waals surface area (Å²) >= 11 is 2.69. The lowest BCUT2D eigenvalue weighted by Crippen LogP contribution is -2.51. The van der Waals surface area contributed by atoms with Gasteiger partial charge < -0.3 is 0 Å². The van der Waals surface area contributed by atoms with E-state index in [-0.39, 0.29) is 5.56 Å². The SMILES string of the molecule is CP(I)C([Si](C)(C)C)[Si](C)(C)C. The molecule has 12 heavy (non-hydrogen) atoms. The molecule has 0 rings (SSSR count). The normalized spacial score (nSPS) is 16.8. The minimum absolute atomic E-state index is 0.253. The minimum atomic E-state index is -0.902. The molecule has 0 amide bonds. The van der Waals surface area contributed by atoms with Crippen LogP contribution in [0.3, 0.4) is 0 Å². The molecule has 0 aliphatic heterocycles. The van der Waals surface area contributed by atoms with Crippen molar-refractivity contribution in [1.29, 1.82) is 0 Å². The van der Waals surface area contributed by atoms with Crippen molar-refractivity contribution in [2.75, 3.05) is 6.66 Å². The topological polar surface area (TPSA) is 0 Å². The van der Waals surface area contributed by atoms with Gasteiger partial charge in [0.2, 0.25) is 0 Å². The maximum Gasteiger partial charge on any atom is 0.0500 e. The van der Waals surface area contributed by atoms with Crippen molar-refractivity contribution in [2.45, 2.75) is 44.2 Å². The van der Waals surface area contributed by atoms with Gasteiger partial charge in [0, 0.05) is 0 Å². The van der Waals surface area contributed by atoms with Crippen molar-refractivity contribution in [3.05, 3.63) is 0 Å². The van der Waals surface area contributed by atoms with Crippen molar-refractivity contribution in [3.8, 4) is 0 Å². The molecule has 0 nitrogen and oxygen atoms in total. The molecule has 0 fully saturated rings. The molecule has 0 aliphatic carbocycles. The fraction of sp³-hybridized carbons (Fsp3) is 1.00. The molecule has 0 bridgehead atoms. The smallest absolute Gasteiger partial charge is 0.0500 e. The van der Waals surface area contributed by atoms with Gasteiger partial charge in [-0.1, -0.05) is 61.3 Å². The molecule has 4 heteroatoms. The Morgan fingerprint density at radius 1 is 0.917 bits per heavy atom. The Hall–Kier alpha value is 1.59. The third kappa shape index (κ3) is 4.20. The van der Waals surface area contributed by atoms with Crippen LogP contribution in [0.4, 0.5) is 0 Å². The molecular formula is C8H22IPSi2. The van der Waals surface area contributed by atoms with Crippen molar-refractivity contribution in [3.63, 3.8) is 0 Å². The number of hydrogen-bond donors (Lipinski definition) is 0. The Morgan fingerprint density at radius 3 is 1.17 bits per heavy atom. The van der Waals surface area contributed by atoms with E-state index >= 15 is 0 Å². The fourth-order valence-electron chi connectivity index (χ4n) is 2.37. The molecule has 0 radical (unpaired) electrons. The first kappa shape index (κ1) is 13.6. The van der Waals surface area contributed by atoms with Crippen molar-refractivity contribution >= 4 is 43.8 Å². The zero-order chi connectivity index (χ0) is 10.2. The molecule has 0 saturated carbocycles. The molecule has 74 valence electrons. The maximum absolute atomic E-state index is 2.69. The summed E-state index contributed by atoms with van der Waals surface area (Å²) in [4.78, 5) is 1.11. The average molecular weight is 332 g/mol. The lowest BCUT2D eigenvalue weighted by molar-refractivity contribution is 1.46. The third-order valence-electron chi connectivity index (χ3n) is 2.00. The summed E-state index contributed by atoms with van der Waals surface area (Å²) < 4.78 is 0. The second-order valence-corrected chi connectivity index (χ2v) is 24.0. The second kappa shape index (κ2) is 4.41. The first-order valence-electron chi connectivity index (χ1n) is 4.45. The van der Waals surface area contributed by atoms with Crippen molar-refractivity contribution in [1.82, 2.24) is 0 Å². The van der Waals surface area contributed by atoms with Crippen LogP contribution in [0.25, 0.3) is 0 Å². The Bertz CT molecular complexity index is 132. The van der Waals surface area contributed by atoms with E-state index in [0.717, 1.165) is 4.91 Å². The predicted octanol–water partition coefficient (Wildman–Crippen LogP) is 4.57. The predicted molar refractivity (Wildman–Crippen MR) is 77.3 cm³/mol. The van der Waals surface area contributed by atoms with Crippen LogP contribution in [0.5, 0.6) is 0 Å². The highest BCUT2D eigenvalue weighted by atomic mass is 127. The van der Waals surface area contributed by atoms with E-state index in [1.807, 2.05) is 0 Å². The minimum Gasteiger partial charge on any atom is -0.0693 e. The highest BCUT2D eigenvalue weighted by Gasteiger charge is 2.39. The van der Waals surface area contributed by atoms with E-state index < -0.39 is 16.1 Å². The van der Waals surface area contributed by atoms with Gasteiger partial charge in [-0.15, -0.1) is 0 Å². The Kier molecular flexibility index (Phi) is 4.99. The van der Waals surface area contributed by atoms with Gasteiger partial charge in [0.1, 0.15) is 0 Å². The van der Waals surface area contributed by atoms with Crippen LogP contribution in [0.2, 0.25) is 39.3 Å². The summed E-state index contributed by atoms with van der Waals surface area (Å²) in [6.07, 6.45) is 0. The van der Waals surface area contributed by atoms with E-state index in [4.69, 9.17) is 0 Å². The van der Waals surface area contributed by atoms with E-state index in [2.05, 4.69) is 68.0 Å². The average Bonchev–Trinajstić information content (AvgIpc) is 1.49. The number of hydrogen-bond acceptors (Lipinski definition) is 0. The largest absolute Gasteiger partial charge is 0.0693 e. The standard InChI is InChI=1S/C8H22IPSi2/c1-10(9)8(11(2,3)4)12(5,6)7/h8H,1-7H3. The summed E-state index contributed by atoms with van der Waals surface area (Å²) in [5.41, 5.74) is 0.253. The molecule has 0 N–H and O–H groups in total. The zero-order valence-corrected chi connectivity index (χ0v) is 14.5. The molecular weight excluding hydrogens is 310 g/mol. The first-order valence-corrected chi connectivity index (χ1v) is 16.2. The van der Waals surface area contributed by atoms with E-state index in [9.17, 15) is 0 Å². The van der Waals surface area contributed by atoms with Crippen molar-refractivity contribution in [2.24, 2.45) is 0 Å². The van der Waals surface area contributed by atoms with Gasteiger partial charge in [0.15, 0.2) is 0 Å². The quantitative estimate of drug-likeness (QED) is 0.403. The van der Waals surface area contributed by atoms with Gasteiger partial charge >= 0.3 is 0 Å². The Morgan fingerprint density at radius 2 is 1.17 bits per heavy atom. The lowest BCUT2D eigenvalue weighted by Gasteiger charge is -2.40.